The fraction of sp³-hybridized carbons (Fsp3) is 0.294. The molecule has 1 atom stereocenters. The van der Waals surface area contributed by atoms with E-state index in [4.69, 9.17) is 0 Å². The Labute approximate surface area is 115 Å². The van der Waals surface area contributed by atoms with Crippen molar-refractivity contribution in [3.8, 4) is 0 Å². The lowest BCUT2D eigenvalue weighted by Crippen LogP contribution is -2.43. The largest absolute Gasteiger partial charge is 0.396 e. The normalized spacial score (nSPS) is 14.0. The zero-order valence-corrected chi connectivity index (χ0v) is 11.3. The molecule has 2 nitrogen and oxygen atoms in total. The molecule has 0 spiro atoms. The molecule has 0 aliphatic rings. The summed E-state index contributed by atoms with van der Waals surface area (Å²) in [7, 11) is 1.96. The van der Waals surface area contributed by atoms with Gasteiger partial charge in [0.05, 0.1) is 0 Å². The average molecular weight is 255 g/mol. The van der Waals surface area contributed by atoms with Gasteiger partial charge in [-0.15, -0.1) is 0 Å². The molecular weight excluding hydrogens is 234 g/mol. The van der Waals surface area contributed by atoms with Crippen molar-refractivity contribution >= 4 is 0 Å². The Kier molecular flexibility index (Phi) is 4.72. The summed E-state index contributed by atoms with van der Waals surface area (Å²) >= 11 is 0. The summed E-state index contributed by atoms with van der Waals surface area (Å²) in [5.41, 5.74) is 2.28. The molecule has 0 aromatic heterocycles. The van der Waals surface area contributed by atoms with Crippen molar-refractivity contribution in [1.29, 1.82) is 0 Å². The first kappa shape index (κ1) is 13.8. The second-order valence-electron chi connectivity index (χ2n) is 4.83. The van der Waals surface area contributed by atoms with Gasteiger partial charge in [0.15, 0.2) is 0 Å². The van der Waals surface area contributed by atoms with Crippen molar-refractivity contribution in [2.75, 3.05) is 13.7 Å². The van der Waals surface area contributed by atoms with Crippen LogP contribution >= 0.6 is 0 Å². The third-order valence-corrected chi connectivity index (χ3v) is 3.69. The van der Waals surface area contributed by atoms with Crippen LogP contribution in [0.1, 0.15) is 17.5 Å². The lowest BCUT2D eigenvalue weighted by atomic mass is 9.81. The van der Waals surface area contributed by atoms with Crippen LogP contribution in [0, 0.1) is 0 Å². The summed E-state index contributed by atoms with van der Waals surface area (Å²) in [6.07, 6.45) is 1.57. The van der Waals surface area contributed by atoms with Crippen LogP contribution in [0.15, 0.2) is 60.7 Å². The fourth-order valence-corrected chi connectivity index (χ4v) is 2.58. The van der Waals surface area contributed by atoms with Crippen LogP contribution in [-0.2, 0) is 12.0 Å². The van der Waals surface area contributed by atoms with Crippen molar-refractivity contribution in [1.82, 2.24) is 5.32 Å². The highest BCUT2D eigenvalue weighted by Gasteiger charge is 2.29. The van der Waals surface area contributed by atoms with Gasteiger partial charge in [-0.05, 0) is 31.0 Å². The Bertz CT molecular complexity index is 483. The molecule has 0 saturated heterocycles. The molecule has 2 N–H and O–H groups in total. The predicted molar refractivity (Wildman–Crippen MR) is 79.0 cm³/mol. The SMILES string of the molecule is CNC(CCO)(Cc1ccccc1)c1ccccc1. The van der Waals surface area contributed by atoms with E-state index in [-0.39, 0.29) is 12.1 Å². The first-order valence-corrected chi connectivity index (χ1v) is 6.70. The minimum Gasteiger partial charge on any atom is -0.396 e. The highest BCUT2D eigenvalue weighted by atomic mass is 16.3. The lowest BCUT2D eigenvalue weighted by molar-refractivity contribution is 0.215. The number of hydrogen-bond donors (Lipinski definition) is 2. The first-order valence-electron chi connectivity index (χ1n) is 6.70. The van der Waals surface area contributed by atoms with Crippen molar-refractivity contribution in [3.05, 3.63) is 71.8 Å². The summed E-state index contributed by atoms with van der Waals surface area (Å²) in [5, 5.41) is 12.9. The molecule has 1 unspecified atom stereocenters. The molecule has 100 valence electrons. The monoisotopic (exact) mass is 255 g/mol. The summed E-state index contributed by atoms with van der Waals surface area (Å²) in [5.74, 6) is 0. The second kappa shape index (κ2) is 6.50. The Hall–Kier alpha value is -1.64. The number of benzene rings is 2. The molecule has 0 heterocycles. The zero-order valence-electron chi connectivity index (χ0n) is 11.3. The lowest BCUT2D eigenvalue weighted by Gasteiger charge is -2.34. The number of hydrogen-bond acceptors (Lipinski definition) is 2. The van der Waals surface area contributed by atoms with Crippen LogP contribution in [0.2, 0.25) is 0 Å². The highest BCUT2D eigenvalue weighted by molar-refractivity contribution is 5.28. The van der Waals surface area contributed by atoms with E-state index in [1.165, 1.54) is 11.1 Å². The summed E-state index contributed by atoms with van der Waals surface area (Å²) in [4.78, 5) is 0. The Morgan fingerprint density at radius 3 is 2.05 bits per heavy atom. The van der Waals surface area contributed by atoms with Crippen LogP contribution in [-0.4, -0.2) is 18.8 Å². The van der Waals surface area contributed by atoms with E-state index in [0.29, 0.717) is 6.42 Å². The van der Waals surface area contributed by atoms with E-state index in [2.05, 4.69) is 41.7 Å². The second-order valence-corrected chi connectivity index (χ2v) is 4.83. The molecule has 0 aliphatic carbocycles. The van der Waals surface area contributed by atoms with Crippen LogP contribution in [0.3, 0.4) is 0 Å². The van der Waals surface area contributed by atoms with Crippen molar-refractivity contribution in [3.63, 3.8) is 0 Å². The molecule has 0 bridgehead atoms. The molecule has 0 amide bonds. The molecule has 0 radical (unpaired) electrons. The Morgan fingerprint density at radius 2 is 1.53 bits per heavy atom. The van der Waals surface area contributed by atoms with Gasteiger partial charge in [-0.2, -0.15) is 0 Å². The minimum atomic E-state index is -0.211. The molecule has 19 heavy (non-hydrogen) atoms. The van der Waals surface area contributed by atoms with Gasteiger partial charge < -0.3 is 10.4 Å². The predicted octanol–water partition coefficient (Wildman–Crippen LogP) is 2.73. The standard InChI is InChI=1S/C17H21NO/c1-18-17(12-13-19,16-10-6-3-7-11-16)14-15-8-4-2-5-9-15/h2-11,18-19H,12-14H2,1H3. The minimum absolute atomic E-state index is 0.169. The van der Waals surface area contributed by atoms with Gasteiger partial charge in [0, 0.05) is 12.1 Å². The van der Waals surface area contributed by atoms with E-state index >= 15 is 0 Å². The Morgan fingerprint density at radius 1 is 0.947 bits per heavy atom. The van der Waals surface area contributed by atoms with E-state index in [9.17, 15) is 5.11 Å². The van der Waals surface area contributed by atoms with Gasteiger partial charge in [0.1, 0.15) is 0 Å². The van der Waals surface area contributed by atoms with Gasteiger partial charge in [-0.25, -0.2) is 0 Å². The van der Waals surface area contributed by atoms with Gasteiger partial charge in [-0.3, -0.25) is 0 Å². The maximum absolute atomic E-state index is 9.43. The number of nitrogens with one attached hydrogen (secondary N) is 1. The molecule has 2 aromatic rings. The fourth-order valence-electron chi connectivity index (χ4n) is 2.58. The maximum atomic E-state index is 9.43. The smallest absolute Gasteiger partial charge is 0.0494 e. The van der Waals surface area contributed by atoms with Gasteiger partial charge in [0.2, 0.25) is 0 Å². The van der Waals surface area contributed by atoms with E-state index in [1.807, 2.05) is 31.3 Å². The molecular formula is C17H21NO. The van der Waals surface area contributed by atoms with Crippen LogP contribution in [0.5, 0.6) is 0 Å². The molecule has 2 aromatic carbocycles. The number of rotatable bonds is 6. The maximum Gasteiger partial charge on any atom is 0.0494 e. The van der Waals surface area contributed by atoms with E-state index in [1.54, 1.807) is 0 Å². The third kappa shape index (κ3) is 3.22. The quantitative estimate of drug-likeness (QED) is 0.832. The number of likely N-dealkylation sites (N-methyl/N-ethyl adjacent to an activating group) is 1. The summed E-state index contributed by atoms with van der Waals surface area (Å²) in [6.45, 7) is 0.169. The van der Waals surface area contributed by atoms with Crippen molar-refractivity contribution < 1.29 is 5.11 Å². The summed E-state index contributed by atoms with van der Waals surface area (Å²) in [6, 6.07) is 20.8. The first-order chi connectivity index (χ1) is 9.30. The Balaban J connectivity index is 2.34. The molecule has 2 heteroatoms. The van der Waals surface area contributed by atoms with Crippen LogP contribution in [0.4, 0.5) is 0 Å². The van der Waals surface area contributed by atoms with Crippen molar-refractivity contribution in [2.24, 2.45) is 0 Å². The zero-order chi connectivity index (χ0) is 13.6. The molecule has 0 fully saturated rings. The number of aliphatic hydroxyl groups excluding tert-OH is 1. The van der Waals surface area contributed by atoms with Crippen molar-refractivity contribution in [2.45, 2.75) is 18.4 Å². The van der Waals surface area contributed by atoms with Gasteiger partial charge >= 0.3 is 0 Å². The number of aliphatic hydroxyl groups is 1. The average Bonchev–Trinajstić information content (AvgIpc) is 2.49. The third-order valence-electron chi connectivity index (χ3n) is 3.69. The van der Waals surface area contributed by atoms with Gasteiger partial charge in [0.25, 0.3) is 0 Å². The van der Waals surface area contributed by atoms with E-state index in [0.717, 1.165) is 6.42 Å². The van der Waals surface area contributed by atoms with E-state index < -0.39 is 0 Å². The molecule has 0 aliphatic heterocycles. The van der Waals surface area contributed by atoms with Crippen LogP contribution < -0.4 is 5.32 Å². The summed E-state index contributed by atoms with van der Waals surface area (Å²) < 4.78 is 0. The molecule has 0 saturated carbocycles. The van der Waals surface area contributed by atoms with Crippen LogP contribution in [0.25, 0.3) is 0 Å². The van der Waals surface area contributed by atoms with Gasteiger partial charge in [-0.1, -0.05) is 60.7 Å². The highest BCUT2D eigenvalue weighted by Crippen LogP contribution is 2.28. The molecule has 2 rings (SSSR count). The topological polar surface area (TPSA) is 32.3 Å².